The van der Waals surface area contributed by atoms with Crippen LogP contribution in [-0.4, -0.2) is 53.0 Å². The van der Waals surface area contributed by atoms with E-state index in [-0.39, 0.29) is 29.9 Å². The number of nitrogens with zero attached hydrogens (tertiary/aromatic N) is 3. The second-order valence-corrected chi connectivity index (χ2v) is 9.13. The van der Waals surface area contributed by atoms with E-state index in [4.69, 9.17) is 9.47 Å². The molecule has 3 aliphatic rings. The SMILES string of the molecule is CNc1cc2nc3c1ncn3C(=O)N[C@@H]1CC[C@H]1OCc1cc(c(F)c(C3CCOCC3)c1)N2. The number of ether oxygens (including phenoxy) is 2. The van der Waals surface area contributed by atoms with Gasteiger partial charge in [0.25, 0.3) is 0 Å². The predicted molar refractivity (Wildman–Crippen MR) is 125 cm³/mol. The quantitative estimate of drug-likeness (QED) is 0.527. The van der Waals surface area contributed by atoms with Gasteiger partial charge in [0, 0.05) is 26.3 Å². The highest BCUT2D eigenvalue weighted by Crippen LogP contribution is 2.36. The van der Waals surface area contributed by atoms with E-state index in [1.54, 1.807) is 19.2 Å². The van der Waals surface area contributed by atoms with Crippen molar-refractivity contribution >= 4 is 34.4 Å². The maximum absolute atomic E-state index is 15.8. The maximum Gasteiger partial charge on any atom is 0.328 e. The van der Waals surface area contributed by atoms with Crippen LogP contribution in [0.1, 0.15) is 42.7 Å². The fourth-order valence-corrected chi connectivity index (χ4v) is 4.99. The number of anilines is 3. The number of pyridine rings is 1. The van der Waals surface area contributed by atoms with Gasteiger partial charge in [-0.1, -0.05) is 6.07 Å². The lowest BCUT2D eigenvalue weighted by Gasteiger charge is -2.37. The number of nitrogens with one attached hydrogen (secondary N) is 3. The molecule has 1 saturated carbocycles. The van der Waals surface area contributed by atoms with Crippen molar-refractivity contribution in [2.24, 2.45) is 0 Å². The number of rotatable bonds is 2. The van der Waals surface area contributed by atoms with Crippen molar-refractivity contribution in [1.82, 2.24) is 19.9 Å². The van der Waals surface area contributed by atoms with Crippen LogP contribution < -0.4 is 16.0 Å². The highest BCUT2D eigenvalue weighted by Gasteiger charge is 2.34. The third kappa shape index (κ3) is 3.67. The zero-order valence-electron chi connectivity index (χ0n) is 18.9. The molecule has 1 saturated heterocycles. The van der Waals surface area contributed by atoms with Crippen molar-refractivity contribution in [3.05, 3.63) is 41.5 Å². The van der Waals surface area contributed by atoms with Crippen LogP contribution in [0.5, 0.6) is 0 Å². The summed E-state index contributed by atoms with van der Waals surface area (Å²) >= 11 is 0. The summed E-state index contributed by atoms with van der Waals surface area (Å²) in [5.74, 6) is 0.219. The number of hydrogen-bond acceptors (Lipinski definition) is 7. The first-order chi connectivity index (χ1) is 16.6. The average Bonchev–Trinajstić information content (AvgIpc) is 3.27. The number of imidazole rings is 1. The lowest BCUT2D eigenvalue weighted by molar-refractivity contribution is -0.0323. The molecule has 4 heterocycles. The number of benzene rings is 1. The van der Waals surface area contributed by atoms with E-state index in [1.165, 1.54) is 10.9 Å². The highest BCUT2D eigenvalue weighted by molar-refractivity contribution is 5.94. The molecule has 178 valence electrons. The van der Waals surface area contributed by atoms with Gasteiger partial charge in [-0.2, -0.15) is 0 Å². The number of carbonyl (C=O) groups excluding carboxylic acids is 1. The largest absolute Gasteiger partial charge is 0.386 e. The summed E-state index contributed by atoms with van der Waals surface area (Å²) in [6, 6.07) is 5.07. The van der Waals surface area contributed by atoms with E-state index in [0.717, 1.165) is 31.2 Å². The minimum absolute atomic E-state index is 0.0900. The minimum Gasteiger partial charge on any atom is -0.386 e. The van der Waals surface area contributed by atoms with Gasteiger partial charge in [0.2, 0.25) is 0 Å². The molecule has 2 aliphatic heterocycles. The summed E-state index contributed by atoms with van der Waals surface area (Å²) in [7, 11) is 1.77. The lowest BCUT2D eigenvalue weighted by Crippen LogP contribution is -2.52. The van der Waals surface area contributed by atoms with Crippen LogP contribution in [0.3, 0.4) is 0 Å². The molecule has 2 atom stereocenters. The molecule has 10 heteroatoms. The molecule has 34 heavy (non-hydrogen) atoms. The Morgan fingerprint density at radius 1 is 1.18 bits per heavy atom. The van der Waals surface area contributed by atoms with Crippen LogP contribution in [0.4, 0.5) is 26.4 Å². The van der Waals surface area contributed by atoms with E-state index < -0.39 is 0 Å². The van der Waals surface area contributed by atoms with E-state index in [9.17, 15) is 4.79 Å². The average molecular weight is 467 g/mol. The number of halogens is 1. The topological polar surface area (TPSA) is 102 Å². The van der Waals surface area contributed by atoms with Crippen molar-refractivity contribution in [3.63, 3.8) is 0 Å². The molecule has 6 rings (SSSR count). The molecule has 1 aliphatic carbocycles. The van der Waals surface area contributed by atoms with E-state index >= 15 is 4.39 Å². The number of amides is 1. The molecule has 1 amide bonds. The summed E-state index contributed by atoms with van der Waals surface area (Å²) in [6.07, 6.45) is 4.64. The minimum atomic E-state index is -0.309. The Bertz CT molecular complexity index is 1260. The Kier molecular flexibility index (Phi) is 5.34. The van der Waals surface area contributed by atoms with Gasteiger partial charge in [0.05, 0.1) is 30.1 Å². The first-order valence-electron chi connectivity index (χ1n) is 11.8. The van der Waals surface area contributed by atoms with Crippen LogP contribution >= 0.6 is 0 Å². The lowest BCUT2D eigenvalue weighted by atomic mass is 9.88. The Balaban J connectivity index is 1.49. The smallest absolute Gasteiger partial charge is 0.328 e. The van der Waals surface area contributed by atoms with Crippen LogP contribution in [0.15, 0.2) is 24.5 Å². The van der Waals surface area contributed by atoms with Crippen molar-refractivity contribution in [1.29, 1.82) is 0 Å². The summed E-state index contributed by atoms with van der Waals surface area (Å²) in [6.45, 7) is 1.60. The van der Waals surface area contributed by atoms with E-state index in [2.05, 4.69) is 25.9 Å². The van der Waals surface area contributed by atoms with Crippen molar-refractivity contribution in [2.45, 2.75) is 50.4 Å². The van der Waals surface area contributed by atoms with Gasteiger partial charge in [-0.3, -0.25) is 0 Å². The molecule has 0 radical (unpaired) electrons. The maximum atomic E-state index is 15.8. The van der Waals surface area contributed by atoms with Crippen LogP contribution in [0.2, 0.25) is 0 Å². The second kappa shape index (κ2) is 8.52. The highest BCUT2D eigenvalue weighted by atomic mass is 19.1. The number of fused-ring (bicyclic) bond motifs is 4. The fraction of sp³-hybridized carbons (Fsp3) is 0.458. The summed E-state index contributed by atoms with van der Waals surface area (Å²) in [5.41, 5.74) is 3.55. The van der Waals surface area contributed by atoms with Crippen LogP contribution in [-0.2, 0) is 16.1 Å². The molecular formula is C24H27FN6O3. The van der Waals surface area contributed by atoms with Crippen molar-refractivity contribution < 1.29 is 18.7 Å². The second-order valence-electron chi connectivity index (χ2n) is 9.13. The van der Waals surface area contributed by atoms with Crippen molar-refractivity contribution in [2.75, 3.05) is 30.9 Å². The third-order valence-electron chi connectivity index (χ3n) is 7.06. The van der Waals surface area contributed by atoms with Gasteiger partial charge < -0.3 is 25.4 Å². The molecule has 2 fully saturated rings. The first kappa shape index (κ1) is 21.3. The van der Waals surface area contributed by atoms with Crippen molar-refractivity contribution in [3.8, 4) is 0 Å². The Labute approximate surface area is 196 Å². The van der Waals surface area contributed by atoms with Crippen LogP contribution in [0.25, 0.3) is 11.2 Å². The third-order valence-corrected chi connectivity index (χ3v) is 7.06. The normalized spacial score (nSPS) is 22.9. The summed E-state index contributed by atoms with van der Waals surface area (Å²) < 4.78 is 28.8. The van der Waals surface area contributed by atoms with Crippen LogP contribution in [0, 0.1) is 5.82 Å². The molecule has 1 aromatic carbocycles. The predicted octanol–water partition coefficient (Wildman–Crippen LogP) is 3.87. The van der Waals surface area contributed by atoms with Gasteiger partial charge in [-0.15, -0.1) is 0 Å². The van der Waals surface area contributed by atoms with Gasteiger partial charge in [0.1, 0.15) is 23.5 Å². The molecule has 4 bridgehead atoms. The van der Waals surface area contributed by atoms with Gasteiger partial charge in [-0.25, -0.2) is 23.7 Å². The Morgan fingerprint density at radius 2 is 2.03 bits per heavy atom. The van der Waals surface area contributed by atoms with Gasteiger partial charge in [-0.05, 0) is 48.8 Å². The summed E-state index contributed by atoms with van der Waals surface area (Å²) in [5, 5.41) is 9.31. The Hall–Kier alpha value is -3.24. The van der Waals surface area contributed by atoms with E-state index in [1.807, 2.05) is 6.07 Å². The fourth-order valence-electron chi connectivity index (χ4n) is 4.99. The zero-order valence-corrected chi connectivity index (χ0v) is 18.9. The number of hydrogen-bond donors (Lipinski definition) is 3. The van der Waals surface area contributed by atoms with Gasteiger partial charge >= 0.3 is 6.03 Å². The number of carbonyl (C=O) groups is 1. The zero-order chi connectivity index (χ0) is 23.2. The van der Waals surface area contributed by atoms with Gasteiger partial charge in [0.15, 0.2) is 5.65 Å². The molecule has 3 aromatic rings. The first-order valence-corrected chi connectivity index (χ1v) is 11.8. The number of aromatic nitrogens is 3. The molecule has 3 N–H and O–H groups in total. The Morgan fingerprint density at radius 3 is 2.79 bits per heavy atom. The standard InChI is InChI=1S/C24H27FN6O3/c1-26-18-10-20-28-17-9-13(8-15(21(17)25)14-4-6-33-7-5-14)11-34-19-3-2-16(19)29-24(32)31-12-27-22(18)23(31)30-20/h8-10,12,14,16,19H,2-7,11H2,1H3,(H,29,32)(H2,26,28,30)/t16-,19-/m1/s1. The molecule has 2 aromatic heterocycles. The summed E-state index contributed by atoms with van der Waals surface area (Å²) in [4.78, 5) is 22.0. The van der Waals surface area contributed by atoms with E-state index in [0.29, 0.717) is 53.7 Å². The molecule has 0 unspecified atom stereocenters. The molecule has 0 spiro atoms. The molecular weight excluding hydrogens is 439 g/mol. The monoisotopic (exact) mass is 466 g/mol. The molecule has 9 nitrogen and oxygen atoms in total.